The SMILES string of the molecule is CC(C)(C)OC=O.Cc1nc(N2CCNC(C)C2)ccc1[N+](=O)[O-]. The Hall–Kier alpha value is -2.22. The number of anilines is 1. The predicted molar refractivity (Wildman–Crippen MR) is 92.2 cm³/mol. The molecule has 0 bridgehead atoms. The fourth-order valence-electron chi connectivity index (χ4n) is 2.19. The van der Waals surface area contributed by atoms with Crippen molar-refractivity contribution in [2.24, 2.45) is 0 Å². The molecule has 0 aromatic carbocycles. The number of aryl methyl sites for hydroxylation is 1. The van der Waals surface area contributed by atoms with Gasteiger partial charge in [0.2, 0.25) is 0 Å². The number of rotatable bonds is 3. The summed E-state index contributed by atoms with van der Waals surface area (Å²) in [6.45, 7) is 12.4. The molecule has 1 N–H and O–H groups in total. The van der Waals surface area contributed by atoms with Gasteiger partial charge >= 0.3 is 0 Å². The summed E-state index contributed by atoms with van der Waals surface area (Å²) in [6, 6.07) is 3.68. The summed E-state index contributed by atoms with van der Waals surface area (Å²) in [5, 5.41) is 14.1. The standard InChI is InChI=1S/C11H16N4O2.C5H10O2/c1-8-7-14(6-5-12-8)11-4-3-10(15(16)17)9(2)13-11;1-5(2,3)7-4-6/h3-4,8,12H,5-7H2,1-2H3;4H,1-3H3. The van der Waals surface area contributed by atoms with E-state index in [1.54, 1.807) is 13.0 Å². The monoisotopic (exact) mass is 338 g/mol. The fraction of sp³-hybridized carbons (Fsp3) is 0.625. The number of nitrogens with zero attached hydrogens (tertiary/aromatic N) is 3. The van der Waals surface area contributed by atoms with Crippen molar-refractivity contribution < 1.29 is 14.5 Å². The summed E-state index contributed by atoms with van der Waals surface area (Å²) in [5.74, 6) is 0.821. The van der Waals surface area contributed by atoms with Crippen molar-refractivity contribution in [1.82, 2.24) is 10.3 Å². The molecule has 1 aromatic rings. The van der Waals surface area contributed by atoms with Crippen LogP contribution in [0.4, 0.5) is 11.5 Å². The Morgan fingerprint density at radius 1 is 1.46 bits per heavy atom. The van der Waals surface area contributed by atoms with Gasteiger partial charge in [0.25, 0.3) is 12.2 Å². The van der Waals surface area contributed by atoms with E-state index in [-0.39, 0.29) is 11.3 Å². The molecule has 24 heavy (non-hydrogen) atoms. The number of aromatic nitrogens is 1. The molecule has 0 radical (unpaired) electrons. The van der Waals surface area contributed by atoms with Crippen LogP contribution in [0.3, 0.4) is 0 Å². The van der Waals surface area contributed by atoms with Gasteiger partial charge in [-0.05, 0) is 40.7 Å². The van der Waals surface area contributed by atoms with Crippen molar-refractivity contribution in [2.45, 2.75) is 46.3 Å². The summed E-state index contributed by atoms with van der Waals surface area (Å²) < 4.78 is 4.55. The van der Waals surface area contributed by atoms with Crippen LogP contribution in [0.1, 0.15) is 33.4 Å². The largest absolute Gasteiger partial charge is 0.462 e. The minimum absolute atomic E-state index is 0.0805. The van der Waals surface area contributed by atoms with E-state index >= 15 is 0 Å². The topological polar surface area (TPSA) is 97.6 Å². The van der Waals surface area contributed by atoms with Crippen molar-refractivity contribution in [3.8, 4) is 0 Å². The summed E-state index contributed by atoms with van der Waals surface area (Å²) in [5.41, 5.74) is 0.234. The minimum atomic E-state index is -0.396. The van der Waals surface area contributed by atoms with Crippen molar-refractivity contribution in [1.29, 1.82) is 0 Å². The van der Waals surface area contributed by atoms with Gasteiger partial charge in [0.15, 0.2) is 0 Å². The number of piperazine rings is 1. The smallest absolute Gasteiger partial charge is 0.293 e. The third-order valence-electron chi connectivity index (χ3n) is 3.33. The fourth-order valence-corrected chi connectivity index (χ4v) is 2.19. The number of hydrogen-bond donors (Lipinski definition) is 1. The Morgan fingerprint density at radius 2 is 2.12 bits per heavy atom. The van der Waals surface area contributed by atoms with E-state index < -0.39 is 4.92 Å². The average Bonchev–Trinajstić information content (AvgIpc) is 2.46. The molecule has 1 aromatic heterocycles. The predicted octanol–water partition coefficient (Wildman–Crippen LogP) is 2.05. The third kappa shape index (κ3) is 6.49. The highest BCUT2D eigenvalue weighted by Crippen LogP contribution is 2.21. The number of pyridine rings is 1. The summed E-state index contributed by atoms with van der Waals surface area (Å²) in [4.78, 5) is 26.4. The van der Waals surface area contributed by atoms with Crippen molar-refractivity contribution in [3.63, 3.8) is 0 Å². The Bertz CT molecular complexity index is 572. The van der Waals surface area contributed by atoms with Gasteiger partial charge in [-0.1, -0.05) is 0 Å². The van der Waals surface area contributed by atoms with E-state index in [0.717, 1.165) is 25.5 Å². The van der Waals surface area contributed by atoms with Crippen molar-refractivity contribution in [2.75, 3.05) is 24.5 Å². The highest BCUT2D eigenvalue weighted by Gasteiger charge is 2.19. The summed E-state index contributed by atoms with van der Waals surface area (Å²) in [7, 11) is 0. The molecule has 134 valence electrons. The molecule has 0 spiro atoms. The van der Waals surface area contributed by atoms with Gasteiger partial charge in [-0.25, -0.2) is 4.98 Å². The van der Waals surface area contributed by atoms with Crippen LogP contribution in [0.25, 0.3) is 0 Å². The maximum absolute atomic E-state index is 10.7. The lowest BCUT2D eigenvalue weighted by Gasteiger charge is -2.32. The van der Waals surface area contributed by atoms with E-state index in [4.69, 9.17) is 0 Å². The van der Waals surface area contributed by atoms with Gasteiger partial charge in [-0.15, -0.1) is 0 Å². The lowest BCUT2D eigenvalue weighted by atomic mass is 10.2. The zero-order chi connectivity index (χ0) is 18.3. The number of carbonyl (C=O) groups is 1. The second-order valence-electron chi connectivity index (χ2n) is 6.66. The average molecular weight is 338 g/mol. The van der Waals surface area contributed by atoms with Crippen LogP contribution in [0.5, 0.6) is 0 Å². The summed E-state index contributed by atoms with van der Waals surface area (Å²) >= 11 is 0. The zero-order valence-electron chi connectivity index (χ0n) is 14.9. The molecule has 2 rings (SSSR count). The van der Waals surface area contributed by atoms with Crippen LogP contribution in [0.2, 0.25) is 0 Å². The van der Waals surface area contributed by atoms with E-state index in [1.165, 1.54) is 6.07 Å². The van der Waals surface area contributed by atoms with Gasteiger partial charge in [-0.2, -0.15) is 0 Å². The van der Waals surface area contributed by atoms with Crippen molar-refractivity contribution in [3.05, 3.63) is 27.9 Å². The van der Waals surface area contributed by atoms with E-state index in [9.17, 15) is 14.9 Å². The van der Waals surface area contributed by atoms with Gasteiger partial charge in [0.1, 0.15) is 17.1 Å². The molecule has 1 unspecified atom stereocenters. The Morgan fingerprint density at radius 3 is 2.54 bits per heavy atom. The van der Waals surface area contributed by atoms with E-state index in [2.05, 4.69) is 26.9 Å². The van der Waals surface area contributed by atoms with Gasteiger partial charge in [0.05, 0.1) is 4.92 Å². The van der Waals surface area contributed by atoms with Crippen LogP contribution < -0.4 is 10.2 Å². The Balaban J connectivity index is 0.000000351. The lowest BCUT2D eigenvalue weighted by molar-refractivity contribution is -0.385. The first-order valence-corrected chi connectivity index (χ1v) is 7.86. The molecule has 8 nitrogen and oxygen atoms in total. The maximum atomic E-state index is 10.7. The molecule has 1 saturated heterocycles. The van der Waals surface area contributed by atoms with Gasteiger partial charge < -0.3 is 15.0 Å². The van der Waals surface area contributed by atoms with Crippen LogP contribution >= 0.6 is 0 Å². The normalized spacial score (nSPS) is 17.5. The quantitative estimate of drug-likeness (QED) is 0.512. The molecule has 0 amide bonds. The molecule has 1 aliphatic heterocycles. The zero-order valence-corrected chi connectivity index (χ0v) is 14.9. The molecule has 1 atom stereocenters. The molecule has 1 fully saturated rings. The number of carbonyl (C=O) groups excluding carboxylic acids is 1. The first-order chi connectivity index (χ1) is 11.1. The first kappa shape index (κ1) is 19.8. The number of hydrogen-bond acceptors (Lipinski definition) is 7. The van der Waals surface area contributed by atoms with Gasteiger partial charge in [0, 0.05) is 31.7 Å². The Kier molecular flexibility index (Phi) is 7.09. The van der Waals surface area contributed by atoms with E-state index in [1.807, 2.05) is 20.8 Å². The number of nitro groups is 1. The highest BCUT2D eigenvalue weighted by atomic mass is 16.6. The molecule has 1 aliphatic rings. The highest BCUT2D eigenvalue weighted by molar-refractivity contribution is 5.47. The van der Waals surface area contributed by atoms with Crippen molar-refractivity contribution >= 4 is 18.0 Å². The first-order valence-electron chi connectivity index (χ1n) is 7.86. The Labute approximate surface area is 142 Å². The van der Waals surface area contributed by atoms with E-state index in [0.29, 0.717) is 18.2 Å². The number of nitrogens with one attached hydrogen (secondary N) is 1. The second kappa shape index (κ2) is 8.58. The molecule has 2 heterocycles. The van der Waals surface area contributed by atoms with Crippen LogP contribution in [-0.2, 0) is 9.53 Å². The molecule has 8 heteroatoms. The number of ether oxygens (including phenoxy) is 1. The molecule has 0 saturated carbocycles. The second-order valence-corrected chi connectivity index (χ2v) is 6.66. The van der Waals surface area contributed by atoms with Gasteiger partial charge in [-0.3, -0.25) is 14.9 Å². The van der Waals surface area contributed by atoms with Crippen LogP contribution in [0, 0.1) is 17.0 Å². The summed E-state index contributed by atoms with van der Waals surface area (Å²) in [6.07, 6.45) is 0. The minimum Gasteiger partial charge on any atom is -0.462 e. The molecular weight excluding hydrogens is 312 g/mol. The third-order valence-corrected chi connectivity index (χ3v) is 3.33. The maximum Gasteiger partial charge on any atom is 0.293 e. The molecule has 0 aliphatic carbocycles. The lowest BCUT2D eigenvalue weighted by Crippen LogP contribution is -2.49. The van der Waals surface area contributed by atoms with Crippen LogP contribution in [-0.4, -0.2) is 47.7 Å². The molecular formula is C16H26N4O4. The van der Waals surface area contributed by atoms with Crippen LogP contribution in [0.15, 0.2) is 12.1 Å².